The fourth-order valence-electron chi connectivity index (χ4n) is 3.11. The SMILES string of the molecule is N#Cc1c(Cl)cccc1Oc1ccc(S(=O)(=O)N2CCCCC2CO)cc1. The zero-order valence-electron chi connectivity index (χ0n) is 14.5. The number of benzene rings is 2. The largest absolute Gasteiger partial charge is 0.456 e. The van der Waals surface area contributed by atoms with Gasteiger partial charge >= 0.3 is 0 Å². The lowest BCUT2D eigenvalue weighted by Crippen LogP contribution is -2.45. The molecule has 0 saturated carbocycles. The van der Waals surface area contributed by atoms with E-state index in [4.69, 9.17) is 16.3 Å². The molecule has 1 aliphatic heterocycles. The molecule has 0 bridgehead atoms. The molecular weight excluding hydrogens is 388 g/mol. The maximum Gasteiger partial charge on any atom is 0.243 e. The van der Waals surface area contributed by atoms with Crippen LogP contribution >= 0.6 is 11.6 Å². The van der Waals surface area contributed by atoms with E-state index in [9.17, 15) is 18.8 Å². The molecule has 0 aromatic heterocycles. The van der Waals surface area contributed by atoms with Gasteiger partial charge in [0.25, 0.3) is 0 Å². The molecule has 1 fully saturated rings. The van der Waals surface area contributed by atoms with Crippen molar-refractivity contribution >= 4 is 21.6 Å². The minimum absolute atomic E-state index is 0.141. The molecule has 2 aromatic rings. The van der Waals surface area contributed by atoms with Crippen LogP contribution in [0.2, 0.25) is 5.02 Å². The Kier molecular flexibility index (Phi) is 6.02. The van der Waals surface area contributed by atoms with Gasteiger partial charge in [-0.05, 0) is 49.2 Å². The van der Waals surface area contributed by atoms with Crippen molar-refractivity contribution in [3.63, 3.8) is 0 Å². The average Bonchev–Trinajstić information content (AvgIpc) is 2.68. The van der Waals surface area contributed by atoms with Crippen molar-refractivity contribution in [3.8, 4) is 17.6 Å². The number of nitrogens with zero attached hydrogens (tertiary/aromatic N) is 2. The summed E-state index contributed by atoms with van der Waals surface area (Å²) in [6.45, 7) is 0.214. The van der Waals surface area contributed by atoms with E-state index >= 15 is 0 Å². The zero-order chi connectivity index (χ0) is 19.4. The van der Waals surface area contributed by atoms with E-state index in [1.807, 2.05) is 6.07 Å². The predicted molar refractivity (Wildman–Crippen MR) is 101 cm³/mol. The van der Waals surface area contributed by atoms with Gasteiger partial charge in [-0.25, -0.2) is 8.42 Å². The van der Waals surface area contributed by atoms with Crippen LogP contribution in [0.3, 0.4) is 0 Å². The number of sulfonamides is 1. The molecule has 0 spiro atoms. The highest BCUT2D eigenvalue weighted by Crippen LogP contribution is 2.31. The molecule has 27 heavy (non-hydrogen) atoms. The van der Waals surface area contributed by atoms with Gasteiger partial charge in [-0.1, -0.05) is 24.1 Å². The second-order valence-electron chi connectivity index (χ2n) is 6.25. The van der Waals surface area contributed by atoms with Gasteiger partial charge in [-0.2, -0.15) is 9.57 Å². The number of ether oxygens (including phenoxy) is 1. The lowest BCUT2D eigenvalue weighted by molar-refractivity contribution is 0.155. The maximum absolute atomic E-state index is 12.9. The first-order valence-electron chi connectivity index (χ1n) is 8.56. The van der Waals surface area contributed by atoms with Crippen molar-refractivity contribution in [2.75, 3.05) is 13.2 Å². The zero-order valence-corrected chi connectivity index (χ0v) is 16.1. The topological polar surface area (TPSA) is 90.6 Å². The molecule has 1 atom stereocenters. The van der Waals surface area contributed by atoms with Gasteiger partial charge in [0.15, 0.2) is 0 Å². The number of hydrogen-bond acceptors (Lipinski definition) is 5. The van der Waals surface area contributed by atoms with Crippen LogP contribution in [0.15, 0.2) is 47.4 Å². The van der Waals surface area contributed by atoms with Crippen molar-refractivity contribution < 1.29 is 18.3 Å². The molecule has 0 radical (unpaired) electrons. The molecule has 1 heterocycles. The second-order valence-corrected chi connectivity index (χ2v) is 8.54. The molecule has 1 aliphatic rings. The van der Waals surface area contributed by atoms with E-state index in [1.54, 1.807) is 18.2 Å². The molecule has 0 amide bonds. The number of hydrogen-bond donors (Lipinski definition) is 1. The smallest absolute Gasteiger partial charge is 0.243 e. The van der Waals surface area contributed by atoms with Crippen molar-refractivity contribution in [2.24, 2.45) is 0 Å². The summed E-state index contributed by atoms with van der Waals surface area (Å²) in [6.07, 6.45) is 2.34. The van der Waals surface area contributed by atoms with Gasteiger partial charge in [-0.15, -0.1) is 0 Å². The number of aliphatic hydroxyl groups excluding tert-OH is 1. The van der Waals surface area contributed by atoms with Crippen LogP contribution in [0.4, 0.5) is 0 Å². The van der Waals surface area contributed by atoms with E-state index in [0.717, 1.165) is 12.8 Å². The third-order valence-corrected chi connectivity index (χ3v) is 6.81. The molecule has 6 nitrogen and oxygen atoms in total. The van der Waals surface area contributed by atoms with E-state index in [0.29, 0.717) is 24.5 Å². The Morgan fingerprint density at radius 2 is 1.96 bits per heavy atom. The number of halogens is 1. The Labute approximate surface area is 163 Å². The van der Waals surface area contributed by atoms with E-state index in [2.05, 4.69) is 0 Å². The molecule has 2 aromatic carbocycles. The maximum atomic E-state index is 12.9. The highest BCUT2D eigenvalue weighted by molar-refractivity contribution is 7.89. The minimum Gasteiger partial charge on any atom is -0.456 e. The third kappa shape index (κ3) is 4.09. The fourth-order valence-corrected chi connectivity index (χ4v) is 5.01. The van der Waals surface area contributed by atoms with Crippen molar-refractivity contribution in [1.82, 2.24) is 4.31 Å². The van der Waals surface area contributed by atoms with Gasteiger partial charge < -0.3 is 9.84 Å². The summed E-state index contributed by atoms with van der Waals surface area (Å²) in [5.41, 5.74) is 0.218. The summed E-state index contributed by atoms with van der Waals surface area (Å²) in [7, 11) is -3.69. The van der Waals surface area contributed by atoms with Crippen molar-refractivity contribution in [2.45, 2.75) is 30.2 Å². The van der Waals surface area contributed by atoms with Crippen LogP contribution in [0.5, 0.6) is 11.5 Å². The summed E-state index contributed by atoms with van der Waals surface area (Å²) in [6, 6.07) is 12.5. The van der Waals surface area contributed by atoms with Gasteiger partial charge in [0, 0.05) is 12.6 Å². The van der Waals surface area contributed by atoms with Crippen LogP contribution < -0.4 is 4.74 Å². The molecule has 3 rings (SSSR count). The van der Waals surface area contributed by atoms with Crippen molar-refractivity contribution in [1.29, 1.82) is 5.26 Å². The molecule has 1 saturated heterocycles. The number of nitriles is 1. The first kappa shape index (κ1) is 19.6. The lowest BCUT2D eigenvalue weighted by atomic mass is 10.1. The highest BCUT2D eigenvalue weighted by Gasteiger charge is 2.33. The molecular formula is C19H19ClN2O4S. The van der Waals surface area contributed by atoms with Gasteiger partial charge in [-0.3, -0.25) is 0 Å². The summed E-state index contributed by atoms with van der Waals surface area (Å²) in [5.74, 6) is 0.696. The highest BCUT2D eigenvalue weighted by atomic mass is 35.5. The van der Waals surface area contributed by atoms with Crippen molar-refractivity contribution in [3.05, 3.63) is 53.1 Å². The van der Waals surface area contributed by atoms with Crippen LogP contribution in [-0.2, 0) is 10.0 Å². The Hall–Kier alpha value is -2.11. The Morgan fingerprint density at radius 1 is 1.22 bits per heavy atom. The fraction of sp³-hybridized carbons (Fsp3) is 0.316. The molecule has 1 N–H and O–H groups in total. The minimum atomic E-state index is -3.69. The summed E-state index contributed by atoms with van der Waals surface area (Å²) < 4.78 is 32.8. The normalized spacial score (nSPS) is 18.0. The Bertz CT molecular complexity index is 955. The molecule has 1 unspecified atom stereocenters. The van der Waals surface area contributed by atoms with Crippen LogP contribution in [0.1, 0.15) is 24.8 Å². The van der Waals surface area contributed by atoms with Gasteiger partial charge in [0.1, 0.15) is 23.1 Å². The van der Waals surface area contributed by atoms with Gasteiger partial charge in [0.05, 0.1) is 16.5 Å². The standard InChI is InChI=1S/C19H19ClN2O4S/c20-18-5-3-6-19(17(18)12-21)26-15-7-9-16(10-8-15)27(24,25)22-11-2-1-4-14(22)13-23/h3,5-10,14,23H,1-2,4,11,13H2. The Balaban J connectivity index is 1.83. The Morgan fingerprint density at radius 3 is 2.63 bits per heavy atom. The molecule has 8 heteroatoms. The average molecular weight is 407 g/mol. The summed E-state index contributed by atoms with van der Waals surface area (Å²) in [4.78, 5) is 0.141. The summed E-state index contributed by atoms with van der Waals surface area (Å²) in [5, 5.41) is 19.0. The van der Waals surface area contributed by atoms with E-state index in [-0.39, 0.29) is 28.1 Å². The summed E-state index contributed by atoms with van der Waals surface area (Å²) >= 11 is 5.99. The number of piperidine rings is 1. The molecule has 0 aliphatic carbocycles. The van der Waals surface area contributed by atoms with E-state index < -0.39 is 10.0 Å². The van der Waals surface area contributed by atoms with Crippen LogP contribution in [0, 0.1) is 11.3 Å². The second kappa shape index (κ2) is 8.28. The third-order valence-electron chi connectivity index (χ3n) is 4.53. The van der Waals surface area contributed by atoms with Crippen LogP contribution in [0.25, 0.3) is 0 Å². The monoisotopic (exact) mass is 406 g/mol. The molecule has 142 valence electrons. The predicted octanol–water partition coefficient (Wildman–Crippen LogP) is 3.54. The van der Waals surface area contributed by atoms with Crippen LogP contribution in [-0.4, -0.2) is 37.0 Å². The number of rotatable bonds is 5. The first-order valence-corrected chi connectivity index (χ1v) is 10.4. The van der Waals surface area contributed by atoms with E-state index in [1.165, 1.54) is 28.6 Å². The van der Waals surface area contributed by atoms with Gasteiger partial charge in [0.2, 0.25) is 10.0 Å². The first-order chi connectivity index (χ1) is 13.0. The lowest BCUT2D eigenvalue weighted by Gasteiger charge is -2.33. The number of aliphatic hydroxyl groups is 1. The quantitative estimate of drug-likeness (QED) is 0.820.